The van der Waals surface area contributed by atoms with E-state index in [1.54, 1.807) is 7.11 Å². The number of rotatable bonds is 11. The van der Waals surface area contributed by atoms with E-state index in [4.69, 9.17) is 9.72 Å². The summed E-state index contributed by atoms with van der Waals surface area (Å²) in [4.78, 5) is 21.7. The number of aromatic nitrogens is 2. The molecule has 0 aromatic carbocycles. The Hall–Kier alpha value is -2.12. The molecule has 2 rings (SSSR count). The van der Waals surface area contributed by atoms with E-state index in [1.165, 1.54) is 0 Å². The van der Waals surface area contributed by atoms with Gasteiger partial charge in [0.25, 0.3) is 5.91 Å². The lowest BCUT2D eigenvalue weighted by Gasteiger charge is -2.23. The third kappa shape index (κ3) is 5.43. The topological polar surface area (TPSA) is 62.1 Å². The quantitative estimate of drug-likeness (QED) is 0.609. The van der Waals surface area contributed by atoms with Gasteiger partial charge in [0.15, 0.2) is 0 Å². The molecule has 0 saturated carbocycles. The van der Waals surface area contributed by atoms with E-state index in [1.807, 2.05) is 36.8 Å². The highest BCUT2D eigenvalue weighted by atomic mass is 16.5. The number of hydrogen-bond donors (Lipinski definition) is 1. The van der Waals surface area contributed by atoms with Crippen LogP contribution in [0, 0.1) is 0 Å². The van der Waals surface area contributed by atoms with Crippen LogP contribution < -0.4 is 10.2 Å². The van der Waals surface area contributed by atoms with Crippen molar-refractivity contribution in [2.45, 2.75) is 26.7 Å². The molecule has 0 atom stereocenters. The van der Waals surface area contributed by atoms with E-state index >= 15 is 0 Å². The summed E-state index contributed by atoms with van der Waals surface area (Å²) in [6.45, 7) is 8.14. The third-order valence-electron chi connectivity index (χ3n) is 4.57. The van der Waals surface area contributed by atoms with E-state index in [2.05, 4.69) is 29.0 Å². The summed E-state index contributed by atoms with van der Waals surface area (Å²) >= 11 is 0. The second-order valence-electron chi connectivity index (χ2n) is 6.87. The molecule has 7 nitrogen and oxygen atoms in total. The molecule has 0 aliphatic carbocycles. The van der Waals surface area contributed by atoms with Gasteiger partial charge in [0.1, 0.15) is 11.5 Å². The maximum Gasteiger partial charge on any atom is 0.252 e. The van der Waals surface area contributed by atoms with Crippen LogP contribution in [-0.2, 0) is 11.2 Å². The van der Waals surface area contributed by atoms with Gasteiger partial charge in [0.05, 0.1) is 17.9 Å². The number of methoxy groups -OCH3 is 1. The first-order valence-electron chi connectivity index (χ1n) is 9.69. The lowest BCUT2D eigenvalue weighted by atomic mass is 10.2. The number of imidazole rings is 1. The van der Waals surface area contributed by atoms with Crippen molar-refractivity contribution >= 4 is 17.4 Å². The summed E-state index contributed by atoms with van der Waals surface area (Å²) in [5.74, 6) is 1.00. The lowest BCUT2D eigenvalue weighted by molar-refractivity contribution is 0.0952. The maximum atomic E-state index is 12.5. The molecule has 0 radical (unpaired) electrons. The van der Waals surface area contributed by atoms with Crippen molar-refractivity contribution in [1.82, 2.24) is 19.6 Å². The fraction of sp³-hybridized carbons (Fsp3) is 0.600. The van der Waals surface area contributed by atoms with Crippen LogP contribution in [0.1, 0.15) is 36.3 Å². The first-order chi connectivity index (χ1) is 13.0. The molecule has 27 heavy (non-hydrogen) atoms. The van der Waals surface area contributed by atoms with Crippen LogP contribution in [0.15, 0.2) is 18.3 Å². The second-order valence-corrected chi connectivity index (χ2v) is 6.87. The van der Waals surface area contributed by atoms with Gasteiger partial charge in [-0.15, -0.1) is 0 Å². The van der Waals surface area contributed by atoms with Gasteiger partial charge < -0.3 is 19.9 Å². The number of fused-ring (bicyclic) bond motifs is 1. The zero-order valence-electron chi connectivity index (χ0n) is 17.3. The summed E-state index contributed by atoms with van der Waals surface area (Å²) in [7, 11) is 5.78. The fourth-order valence-electron chi connectivity index (χ4n) is 3.10. The largest absolute Gasteiger partial charge is 0.383 e. The van der Waals surface area contributed by atoms with Crippen LogP contribution in [0.25, 0.3) is 5.65 Å². The number of carbonyl (C=O) groups is 1. The number of likely N-dealkylation sites (N-methyl/N-ethyl adjacent to an activating group) is 1. The Balaban J connectivity index is 2.25. The monoisotopic (exact) mass is 375 g/mol. The Kier molecular flexibility index (Phi) is 8.06. The van der Waals surface area contributed by atoms with Gasteiger partial charge >= 0.3 is 0 Å². The number of nitrogens with one attached hydrogen (secondary N) is 1. The van der Waals surface area contributed by atoms with E-state index in [-0.39, 0.29) is 5.91 Å². The van der Waals surface area contributed by atoms with E-state index in [9.17, 15) is 4.79 Å². The molecule has 2 heterocycles. The van der Waals surface area contributed by atoms with Crippen LogP contribution in [0.5, 0.6) is 0 Å². The van der Waals surface area contributed by atoms with Crippen LogP contribution in [0.3, 0.4) is 0 Å². The zero-order valence-corrected chi connectivity index (χ0v) is 17.3. The molecule has 0 fully saturated rings. The molecule has 150 valence electrons. The minimum absolute atomic E-state index is 0.0479. The van der Waals surface area contributed by atoms with Gasteiger partial charge in [0.2, 0.25) is 0 Å². The summed E-state index contributed by atoms with van der Waals surface area (Å²) in [5, 5.41) is 3.00. The molecular weight excluding hydrogens is 342 g/mol. The number of nitrogens with zero attached hydrogens (tertiary/aromatic N) is 4. The zero-order chi connectivity index (χ0) is 19.8. The SMILES string of the molecule is CCc1nc2ccc(C(=O)NCCCN(C)C)cn2c1N(CC)CCOC. The number of carbonyl (C=O) groups excluding carboxylic acids is 1. The number of aryl methyl sites for hydroxylation is 1. The number of ether oxygens (including phenoxy) is 1. The summed E-state index contributed by atoms with van der Waals surface area (Å²) in [6.07, 6.45) is 3.66. The molecule has 1 amide bonds. The fourth-order valence-corrected chi connectivity index (χ4v) is 3.10. The Labute approximate surface area is 162 Å². The molecule has 0 aliphatic heterocycles. The molecule has 1 N–H and O–H groups in total. The predicted molar refractivity (Wildman–Crippen MR) is 110 cm³/mol. The summed E-state index contributed by atoms with van der Waals surface area (Å²) < 4.78 is 7.29. The van der Waals surface area contributed by atoms with Crippen LogP contribution in [0.4, 0.5) is 5.82 Å². The van der Waals surface area contributed by atoms with Gasteiger partial charge in [-0.3, -0.25) is 9.20 Å². The van der Waals surface area contributed by atoms with Crippen molar-refractivity contribution in [2.75, 3.05) is 58.9 Å². The minimum Gasteiger partial charge on any atom is -0.383 e. The first kappa shape index (κ1) is 21.2. The Morgan fingerprint density at radius 1 is 1.26 bits per heavy atom. The number of anilines is 1. The van der Waals surface area contributed by atoms with Crippen molar-refractivity contribution in [3.63, 3.8) is 0 Å². The summed E-state index contributed by atoms with van der Waals surface area (Å²) in [6, 6.07) is 3.76. The standard InChI is InChI=1S/C20H33N5O2/c1-6-17-20(24(7-2)13-14-27-5)25-15-16(9-10-18(25)22-17)19(26)21-11-8-12-23(3)4/h9-10,15H,6-8,11-14H2,1-5H3,(H,21,26). The van der Waals surface area contributed by atoms with E-state index in [0.717, 1.165) is 49.6 Å². The van der Waals surface area contributed by atoms with Gasteiger partial charge in [-0.05, 0) is 52.5 Å². The van der Waals surface area contributed by atoms with Gasteiger partial charge in [-0.1, -0.05) is 6.92 Å². The third-order valence-corrected chi connectivity index (χ3v) is 4.57. The molecule has 0 unspecified atom stereocenters. The van der Waals surface area contributed by atoms with Crippen molar-refractivity contribution in [2.24, 2.45) is 0 Å². The minimum atomic E-state index is -0.0479. The van der Waals surface area contributed by atoms with Crippen LogP contribution in [0.2, 0.25) is 0 Å². The van der Waals surface area contributed by atoms with Gasteiger partial charge in [-0.2, -0.15) is 0 Å². The molecule has 0 bridgehead atoms. The van der Waals surface area contributed by atoms with Crippen molar-refractivity contribution in [1.29, 1.82) is 0 Å². The molecule has 2 aromatic rings. The Morgan fingerprint density at radius 2 is 2.04 bits per heavy atom. The molecular formula is C20H33N5O2. The predicted octanol–water partition coefficient (Wildman–Crippen LogP) is 2.05. The van der Waals surface area contributed by atoms with Gasteiger partial charge in [-0.25, -0.2) is 4.98 Å². The highest BCUT2D eigenvalue weighted by Crippen LogP contribution is 2.24. The van der Waals surface area contributed by atoms with Crippen LogP contribution >= 0.6 is 0 Å². The molecule has 0 aliphatic rings. The average Bonchev–Trinajstić information content (AvgIpc) is 3.03. The maximum absolute atomic E-state index is 12.5. The number of amides is 1. The smallest absolute Gasteiger partial charge is 0.252 e. The molecule has 7 heteroatoms. The van der Waals surface area contributed by atoms with Crippen molar-refractivity contribution < 1.29 is 9.53 Å². The Bertz CT molecular complexity index is 741. The number of hydrogen-bond acceptors (Lipinski definition) is 5. The highest BCUT2D eigenvalue weighted by Gasteiger charge is 2.18. The van der Waals surface area contributed by atoms with Gasteiger partial charge in [0, 0.05) is 32.9 Å². The van der Waals surface area contributed by atoms with Crippen molar-refractivity contribution in [3.8, 4) is 0 Å². The average molecular weight is 376 g/mol. The first-order valence-corrected chi connectivity index (χ1v) is 9.69. The molecule has 0 spiro atoms. The lowest BCUT2D eigenvalue weighted by Crippen LogP contribution is -2.29. The van der Waals surface area contributed by atoms with Crippen LogP contribution in [-0.4, -0.2) is 74.2 Å². The highest BCUT2D eigenvalue weighted by molar-refractivity contribution is 5.94. The van der Waals surface area contributed by atoms with E-state index in [0.29, 0.717) is 18.7 Å². The van der Waals surface area contributed by atoms with Crippen molar-refractivity contribution in [3.05, 3.63) is 29.6 Å². The Morgan fingerprint density at radius 3 is 2.67 bits per heavy atom. The number of pyridine rings is 1. The molecule has 0 saturated heterocycles. The summed E-state index contributed by atoms with van der Waals surface area (Å²) in [5.41, 5.74) is 2.55. The molecule has 2 aromatic heterocycles. The normalized spacial score (nSPS) is 11.3. The second kappa shape index (κ2) is 10.3. The van der Waals surface area contributed by atoms with E-state index < -0.39 is 0 Å².